The lowest BCUT2D eigenvalue weighted by molar-refractivity contribution is 0.0650. The first-order valence-electron chi connectivity index (χ1n) is 2.86. The highest BCUT2D eigenvalue weighted by Crippen LogP contribution is 1.68. The van der Waals surface area contributed by atoms with Crippen molar-refractivity contribution in [2.75, 3.05) is 26.4 Å². The smallest absolute Gasteiger partial charge is 0.511 e. The zero-order chi connectivity index (χ0) is 9.11. The summed E-state index contributed by atoms with van der Waals surface area (Å²) in [6.07, 6.45) is 0. The molecule has 0 rings (SSSR count). The summed E-state index contributed by atoms with van der Waals surface area (Å²) >= 11 is 0. The van der Waals surface area contributed by atoms with Gasteiger partial charge in [0.15, 0.2) is 0 Å². The Morgan fingerprint density at radius 3 is 1.55 bits per heavy atom. The summed E-state index contributed by atoms with van der Waals surface area (Å²) in [6, 6.07) is 0. The van der Waals surface area contributed by atoms with Crippen LogP contribution in [0.3, 0.4) is 0 Å². The molecule has 68 valence electrons. The van der Waals surface area contributed by atoms with Crippen LogP contribution in [0.2, 0.25) is 0 Å². The van der Waals surface area contributed by atoms with E-state index in [0.717, 1.165) is 0 Å². The first-order chi connectivity index (χ1) is 5.15. The summed E-state index contributed by atoms with van der Waals surface area (Å²) in [6.45, 7) is 0.696. The standard InChI is InChI=1S/C4H10O3.H2O3Si/c5-1-3-7-4-2-6;1-4(2)3/h5-6H,1-4H2;1-2H. The van der Waals surface area contributed by atoms with Crippen LogP contribution in [0, 0.1) is 0 Å². The molecule has 4 N–H and O–H groups in total. The van der Waals surface area contributed by atoms with Crippen molar-refractivity contribution in [3.63, 3.8) is 0 Å². The Morgan fingerprint density at radius 1 is 1.09 bits per heavy atom. The Balaban J connectivity index is 0. The maximum absolute atomic E-state index is 8.74. The predicted molar refractivity (Wildman–Crippen MR) is 35.9 cm³/mol. The predicted octanol–water partition coefficient (Wildman–Crippen LogP) is -2.63. The van der Waals surface area contributed by atoms with E-state index >= 15 is 0 Å². The number of rotatable bonds is 4. The molecule has 0 saturated carbocycles. The topological polar surface area (TPSA) is 107 Å². The molecular weight excluding hydrogens is 172 g/mol. The quantitative estimate of drug-likeness (QED) is 0.281. The third kappa shape index (κ3) is 43.6. The van der Waals surface area contributed by atoms with E-state index < -0.39 is 9.17 Å². The van der Waals surface area contributed by atoms with Crippen LogP contribution in [-0.4, -0.2) is 55.4 Å². The largest absolute Gasteiger partial charge is 0.761 e. The van der Waals surface area contributed by atoms with E-state index in [1.54, 1.807) is 0 Å². The number of aliphatic hydroxyl groups excluding tert-OH is 2. The van der Waals surface area contributed by atoms with Gasteiger partial charge in [0.2, 0.25) is 0 Å². The molecule has 0 fully saturated rings. The van der Waals surface area contributed by atoms with Crippen LogP contribution < -0.4 is 0 Å². The molecular formula is C4H12O6Si. The normalized spacial score (nSPS) is 8.18. The molecule has 0 aromatic heterocycles. The van der Waals surface area contributed by atoms with Crippen LogP contribution in [0.1, 0.15) is 0 Å². The van der Waals surface area contributed by atoms with Gasteiger partial charge >= 0.3 is 9.17 Å². The Labute approximate surface area is 65.6 Å². The van der Waals surface area contributed by atoms with Gasteiger partial charge in [0, 0.05) is 0 Å². The van der Waals surface area contributed by atoms with Crippen LogP contribution in [0.5, 0.6) is 0 Å². The van der Waals surface area contributed by atoms with Crippen molar-refractivity contribution in [2.24, 2.45) is 0 Å². The molecule has 0 aliphatic heterocycles. The summed E-state index contributed by atoms with van der Waals surface area (Å²) in [4.78, 5) is 14.3. The minimum absolute atomic E-state index is 0.0278. The van der Waals surface area contributed by atoms with Crippen LogP contribution in [-0.2, 0) is 9.20 Å². The lowest BCUT2D eigenvalue weighted by atomic mass is 10.7. The molecule has 6 nitrogen and oxygen atoms in total. The highest BCUT2D eigenvalue weighted by atomic mass is 28.3. The number of hydrogen-bond acceptors (Lipinski definition) is 4. The summed E-state index contributed by atoms with van der Waals surface area (Å²) in [5.74, 6) is 0. The monoisotopic (exact) mass is 184 g/mol. The summed E-state index contributed by atoms with van der Waals surface area (Å²) in [7, 11) is -3.13. The molecule has 0 atom stereocenters. The van der Waals surface area contributed by atoms with Crippen molar-refractivity contribution in [1.29, 1.82) is 0 Å². The van der Waals surface area contributed by atoms with Gasteiger partial charge in [-0.25, -0.2) is 0 Å². The van der Waals surface area contributed by atoms with Crippen LogP contribution >= 0.6 is 0 Å². The van der Waals surface area contributed by atoms with Crippen molar-refractivity contribution in [3.8, 4) is 0 Å². The Bertz CT molecular complexity index is 78.7. The Morgan fingerprint density at radius 2 is 1.36 bits per heavy atom. The maximum Gasteiger partial charge on any atom is 0.761 e. The molecule has 7 heteroatoms. The van der Waals surface area contributed by atoms with Gasteiger partial charge in [-0.05, 0) is 0 Å². The molecule has 0 amide bonds. The third-order valence-corrected chi connectivity index (χ3v) is 0.471. The van der Waals surface area contributed by atoms with Crippen molar-refractivity contribution >= 4 is 9.17 Å². The molecule has 0 unspecified atom stereocenters. The van der Waals surface area contributed by atoms with E-state index in [1.165, 1.54) is 0 Å². The fourth-order valence-electron chi connectivity index (χ4n) is 0.231. The van der Waals surface area contributed by atoms with E-state index in [0.29, 0.717) is 13.2 Å². The van der Waals surface area contributed by atoms with E-state index in [4.69, 9.17) is 24.3 Å². The molecule has 0 saturated heterocycles. The first kappa shape index (κ1) is 13.1. The minimum Gasteiger partial charge on any atom is -0.511 e. The lowest BCUT2D eigenvalue weighted by Gasteiger charge is -1.94. The maximum atomic E-state index is 8.74. The van der Waals surface area contributed by atoms with Gasteiger partial charge in [0.25, 0.3) is 0 Å². The molecule has 0 aromatic rings. The zero-order valence-electron chi connectivity index (χ0n) is 5.93. The molecule has 0 aromatic carbocycles. The molecule has 11 heavy (non-hydrogen) atoms. The zero-order valence-corrected chi connectivity index (χ0v) is 6.93. The molecule has 0 spiro atoms. The van der Waals surface area contributed by atoms with Gasteiger partial charge < -0.3 is 24.5 Å². The Hall–Kier alpha value is -0.503. The summed E-state index contributed by atoms with van der Waals surface area (Å²) < 4.78 is 13.4. The van der Waals surface area contributed by atoms with E-state index in [1.807, 2.05) is 0 Å². The lowest BCUT2D eigenvalue weighted by Crippen LogP contribution is -2.03. The SMILES string of the molecule is O=[Si](O)O.OCCOCCO. The average molecular weight is 184 g/mol. The van der Waals surface area contributed by atoms with Crippen LogP contribution in [0.4, 0.5) is 0 Å². The highest BCUT2D eigenvalue weighted by molar-refractivity contribution is 6.22. The fraction of sp³-hybridized carbons (Fsp3) is 1.00. The third-order valence-electron chi connectivity index (χ3n) is 0.471. The van der Waals surface area contributed by atoms with Crippen molar-refractivity contribution in [3.05, 3.63) is 0 Å². The van der Waals surface area contributed by atoms with E-state index in [9.17, 15) is 0 Å². The molecule has 0 bridgehead atoms. The van der Waals surface area contributed by atoms with E-state index in [2.05, 4.69) is 4.74 Å². The van der Waals surface area contributed by atoms with Crippen molar-refractivity contribution < 1.29 is 29.0 Å². The second kappa shape index (κ2) is 12.2. The number of ether oxygens (including phenoxy) is 1. The van der Waals surface area contributed by atoms with Gasteiger partial charge in [-0.1, -0.05) is 0 Å². The summed E-state index contributed by atoms with van der Waals surface area (Å²) in [5.41, 5.74) is 0. The molecule has 0 aliphatic carbocycles. The van der Waals surface area contributed by atoms with Gasteiger partial charge in [0.1, 0.15) is 0 Å². The Kier molecular flexibility index (Phi) is 14.5. The van der Waals surface area contributed by atoms with E-state index in [-0.39, 0.29) is 13.2 Å². The average Bonchev–Trinajstić information content (AvgIpc) is 1.88. The van der Waals surface area contributed by atoms with Crippen LogP contribution in [0.25, 0.3) is 0 Å². The van der Waals surface area contributed by atoms with Crippen molar-refractivity contribution in [1.82, 2.24) is 0 Å². The highest BCUT2D eigenvalue weighted by Gasteiger charge is 1.85. The fourth-order valence-corrected chi connectivity index (χ4v) is 0.231. The van der Waals surface area contributed by atoms with Gasteiger partial charge in [0.05, 0.1) is 26.4 Å². The minimum atomic E-state index is -3.13. The van der Waals surface area contributed by atoms with Gasteiger partial charge in [-0.2, -0.15) is 0 Å². The second-order valence-corrected chi connectivity index (χ2v) is 1.91. The van der Waals surface area contributed by atoms with Gasteiger partial charge in [-0.15, -0.1) is 0 Å². The van der Waals surface area contributed by atoms with Crippen LogP contribution in [0.15, 0.2) is 0 Å². The first-order valence-corrected chi connectivity index (χ1v) is 4.16. The molecule has 0 aliphatic rings. The number of hydrogen-bond donors (Lipinski definition) is 4. The summed E-state index contributed by atoms with van der Waals surface area (Å²) in [5, 5.41) is 16.2. The molecule has 0 radical (unpaired) electrons. The molecule has 0 heterocycles. The van der Waals surface area contributed by atoms with Crippen molar-refractivity contribution in [2.45, 2.75) is 0 Å². The second-order valence-electron chi connectivity index (χ2n) is 1.34. The van der Waals surface area contributed by atoms with Gasteiger partial charge in [-0.3, -0.25) is 4.46 Å². The number of aliphatic hydroxyl groups is 2.